The summed E-state index contributed by atoms with van der Waals surface area (Å²) in [6, 6.07) is 2.15. The second-order valence-electron chi connectivity index (χ2n) is 6.29. The number of nitrogens with one attached hydrogen (secondary N) is 1. The minimum absolute atomic E-state index is 0.0912. The number of pyridine rings is 1. The molecule has 5 heteroatoms. The average Bonchev–Trinajstić information content (AvgIpc) is 2.41. The second-order valence-corrected chi connectivity index (χ2v) is 6.29. The monoisotopic (exact) mass is 295 g/mol. The van der Waals surface area contributed by atoms with Crippen LogP contribution in [0.3, 0.4) is 0 Å². The molecule has 1 heterocycles. The second kappa shape index (κ2) is 8.32. The molecule has 0 spiro atoms. The van der Waals surface area contributed by atoms with Gasteiger partial charge in [0.2, 0.25) is 0 Å². The Bertz CT molecular complexity index is 430. The molecule has 0 unspecified atom stereocenters. The predicted octanol–water partition coefficient (Wildman–Crippen LogP) is 1.72. The van der Waals surface area contributed by atoms with E-state index in [0.29, 0.717) is 13.2 Å². The van der Waals surface area contributed by atoms with Gasteiger partial charge in [0.25, 0.3) is 0 Å². The highest BCUT2D eigenvalue weighted by Crippen LogP contribution is 2.18. The van der Waals surface area contributed by atoms with Gasteiger partial charge in [0, 0.05) is 38.5 Å². The number of rotatable bonds is 8. The van der Waals surface area contributed by atoms with Gasteiger partial charge in [-0.05, 0) is 44.9 Å². The molecule has 0 amide bonds. The van der Waals surface area contributed by atoms with E-state index >= 15 is 0 Å². The maximum atomic E-state index is 9.20. The van der Waals surface area contributed by atoms with Crippen molar-refractivity contribution < 1.29 is 9.84 Å². The average molecular weight is 295 g/mol. The van der Waals surface area contributed by atoms with E-state index in [9.17, 15) is 5.11 Å². The van der Waals surface area contributed by atoms with E-state index in [0.717, 1.165) is 24.5 Å². The van der Waals surface area contributed by atoms with Gasteiger partial charge in [-0.15, -0.1) is 0 Å². The predicted molar refractivity (Wildman–Crippen MR) is 86.7 cm³/mol. The molecule has 1 rings (SSSR count). The zero-order valence-corrected chi connectivity index (χ0v) is 13.9. The first-order valence-electron chi connectivity index (χ1n) is 7.42. The third kappa shape index (κ3) is 6.42. The van der Waals surface area contributed by atoms with Gasteiger partial charge in [0.05, 0.1) is 13.2 Å². The molecule has 0 radical (unpaired) electrons. The summed E-state index contributed by atoms with van der Waals surface area (Å²) >= 11 is 0. The number of aliphatic hydroxyl groups excluding tert-OH is 1. The first-order chi connectivity index (χ1) is 9.87. The van der Waals surface area contributed by atoms with Gasteiger partial charge in [-0.25, -0.2) is 4.98 Å². The lowest BCUT2D eigenvalue weighted by Crippen LogP contribution is -2.35. The molecule has 0 fully saturated rings. The Kier molecular flexibility index (Phi) is 7.08. The number of hydrogen-bond acceptors (Lipinski definition) is 5. The molecule has 0 aliphatic heterocycles. The third-order valence-electron chi connectivity index (χ3n) is 3.16. The maximum absolute atomic E-state index is 9.20. The summed E-state index contributed by atoms with van der Waals surface area (Å²) in [6.07, 6.45) is 1.90. The van der Waals surface area contributed by atoms with Gasteiger partial charge in [-0.1, -0.05) is 0 Å². The Morgan fingerprint density at radius 3 is 2.57 bits per heavy atom. The number of nitrogens with zero attached hydrogens (tertiary/aromatic N) is 2. The quantitative estimate of drug-likeness (QED) is 0.765. The van der Waals surface area contributed by atoms with E-state index in [1.807, 2.05) is 6.20 Å². The molecule has 0 saturated heterocycles. The van der Waals surface area contributed by atoms with Crippen LogP contribution in [0.2, 0.25) is 0 Å². The van der Waals surface area contributed by atoms with Gasteiger partial charge >= 0.3 is 0 Å². The van der Waals surface area contributed by atoms with Crippen LogP contribution in [0.1, 0.15) is 31.9 Å². The Labute approximate surface area is 128 Å². The summed E-state index contributed by atoms with van der Waals surface area (Å²) in [6.45, 7) is 11.3. The molecule has 21 heavy (non-hydrogen) atoms. The molecule has 1 aromatic heterocycles. The van der Waals surface area contributed by atoms with Crippen molar-refractivity contribution in [3.8, 4) is 0 Å². The van der Waals surface area contributed by atoms with Crippen molar-refractivity contribution in [3.63, 3.8) is 0 Å². The Balaban J connectivity index is 2.79. The Morgan fingerprint density at radius 2 is 2.05 bits per heavy atom. The summed E-state index contributed by atoms with van der Waals surface area (Å²) in [5.74, 6) is 0.917. The van der Waals surface area contributed by atoms with Gasteiger partial charge < -0.3 is 20.1 Å². The number of aryl methyl sites for hydroxylation is 1. The zero-order valence-electron chi connectivity index (χ0n) is 13.9. The molecule has 2 N–H and O–H groups in total. The van der Waals surface area contributed by atoms with Crippen LogP contribution in [-0.2, 0) is 11.3 Å². The van der Waals surface area contributed by atoms with Crippen molar-refractivity contribution in [3.05, 3.63) is 23.4 Å². The lowest BCUT2D eigenvalue weighted by Gasteiger charge is -2.25. The molecule has 0 bridgehead atoms. The number of aliphatic hydroxyl groups is 1. The SMILES string of the molecule is COCCN(CCO)c1ncc(CNC(C)(C)C)cc1C. The van der Waals surface area contributed by atoms with E-state index in [4.69, 9.17) is 4.74 Å². The van der Waals surface area contributed by atoms with Gasteiger partial charge in [0.1, 0.15) is 5.82 Å². The van der Waals surface area contributed by atoms with E-state index in [1.54, 1.807) is 7.11 Å². The number of anilines is 1. The fourth-order valence-corrected chi connectivity index (χ4v) is 2.07. The molecule has 0 aliphatic carbocycles. The smallest absolute Gasteiger partial charge is 0.131 e. The van der Waals surface area contributed by atoms with E-state index in [2.05, 4.69) is 49.0 Å². The summed E-state index contributed by atoms with van der Waals surface area (Å²) in [5, 5.41) is 12.7. The molecular weight excluding hydrogens is 266 g/mol. The van der Waals surface area contributed by atoms with Crippen molar-refractivity contribution in [2.24, 2.45) is 0 Å². The van der Waals surface area contributed by atoms with Crippen molar-refractivity contribution >= 4 is 5.82 Å². The van der Waals surface area contributed by atoms with Crippen LogP contribution >= 0.6 is 0 Å². The molecule has 120 valence electrons. The fraction of sp³-hybridized carbons (Fsp3) is 0.688. The lowest BCUT2D eigenvalue weighted by atomic mass is 10.1. The van der Waals surface area contributed by atoms with Crippen LogP contribution in [0.15, 0.2) is 12.3 Å². The highest BCUT2D eigenvalue weighted by atomic mass is 16.5. The number of ether oxygens (including phenoxy) is 1. The standard InChI is InChI=1S/C16H29N3O2/c1-13-10-14(12-18-16(2,3)4)11-17-15(13)19(6-8-20)7-9-21-5/h10-11,18,20H,6-9,12H2,1-5H3. The highest BCUT2D eigenvalue weighted by molar-refractivity contribution is 5.47. The summed E-state index contributed by atoms with van der Waals surface area (Å²) in [5.41, 5.74) is 2.38. The largest absolute Gasteiger partial charge is 0.395 e. The lowest BCUT2D eigenvalue weighted by molar-refractivity contribution is 0.202. The van der Waals surface area contributed by atoms with Gasteiger partial charge in [0.15, 0.2) is 0 Å². The molecule has 0 aromatic carbocycles. The van der Waals surface area contributed by atoms with Crippen LogP contribution < -0.4 is 10.2 Å². The van der Waals surface area contributed by atoms with Crippen LogP contribution in [-0.4, -0.2) is 49.0 Å². The zero-order chi connectivity index (χ0) is 15.9. The van der Waals surface area contributed by atoms with Crippen molar-refractivity contribution in [2.45, 2.75) is 39.8 Å². The van der Waals surface area contributed by atoms with Crippen molar-refractivity contribution in [1.29, 1.82) is 0 Å². The maximum Gasteiger partial charge on any atom is 0.131 e. The van der Waals surface area contributed by atoms with E-state index in [1.165, 1.54) is 5.56 Å². The van der Waals surface area contributed by atoms with E-state index < -0.39 is 0 Å². The minimum Gasteiger partial charge on any atom is -0.395 e. The minimum atomic E-state index is 0.0912. The Morgan fingerprint density at radius 1 is 1.33 bits per heavy atom. The topological polar surface area (TPSA) is 57.6 Å². The molecule has 0 aliphatic rings. The Hall–Kier alpha value is -1.17. The summed E-state index contributed by atoms with van der Waals surface area (Å²) in [7, 11) is 1.68. The van der Waals surface area contributed by atoms with Crippen LogP contribution in [0.25, 0.3) is 0 Å². The number of aromatic nitrogens is 1. The van der Waals surface area contributed by atoms with Gasteiger partial charge in [-0.3, -0.25) is 0 Å². The fourth-order valence-electron chi connectivity index (χ4n) is 2.07. The molecular formula is C16H29N3O2. The number of methoxy groups -OCH3 is 1. The third-order valence-corrected chi connectivity index (χ3v) is 3.16. The van der Waals surface area contributed by atoms with Crippen molar-refractivity contribution in [1.82, 2.24) is 10.3 Å². The molecule has 5 nitrogen and oxygen atoms in total. The van der Waals surface area contributed by atoms with Crippen LogP contribution in [0, 0.1) is 6.92 Å². The van der Waals surface area contributed by atoms with Crippen LogP contribution in [0.5, 0.6) is 0 Å². The first kappa shape index (κ1) is 17.9. The summed E-state index contributed by atoms with van der Waals surface area (Å²) in [4.78, 5) is 6.63. The number of hydrogen-bond donors (Lipinski definition) is 2. The van der Waals surface area contributed by atoms with Crippen LogP contribution in [0.4, 0.5) is 5.82 Å². The van der Waals surface area contributed by atoms with E-state index in [-0.39, 0.29) is 12.1 Å². The molecule has 0 atom stereocenters. The first-order valence-corrected chi connectivity index (χ1v) is 7.42. The molecule has 0 saturated carbocycles. The van der Waals surface area contributed by atoms with Crippen molar-refractivity contribution in [2.75, 3.05) is 38.3 Å². The highest BCUT2D eigenvalue weighted by Gasteiger charge is 2.12. The molecule has 1 aromatic rings. The summed E-state index contributed by atoms with van der Waals surface area (Å²) < 4.78 is 5.12. The van der Waals surface area contributed by atoms with Gasteiger partial charge in [-0.2, -0.15) is 0 Å². The normalized spacial score (nSPS) is 11.7.